The standard InChI is InChI=1S/C15H11ClF3NO4S/c1-24-14(21)12-8-11(6-7-13(12)16)25(22,23)20-10-4-2-9(3-5-10)15(17,18)19/h2-8,20H,1H3. The Labute approximate surface area is 146 Å². The summed E-state index contributed by atoms with van der Waals surface area (Å²) in [6.07, 6.45) is -4.52. The first-order valence-electron chi connectivity index (χ1n) is 6.62. The van der Waals surface area contributed by atoms with Crippen LogP contribution in [0.15, 0.2) is 47.4 Å². The lowest BCUT2D eigenvalue weighted by Crippen LogP contribution is -2.14. The maximum Gasteiger partial charge on any atom is 0.416 e. The monoisotopic (exact) mass is 393 g/mol. The zero-order valence-corrected chi connectivity index (χ0v) is 14.2. The van der Waals surface area contributed by atoms with E-state index < -0.39 is 27.7 Å². The smallest absolute Gasteiger partial charge is 0.416 e. The van der Waals surface area contributed by atoms with E-state index in [0.717, 1.165) is 43.5 Å². The zero-order valence-electron chi connectivity index (χ0n) is 12.6. The molecule has 0 amide bonds. The van der Waals surface area contributed by atoms with Crippen LogP contribution in [0, 0.1) is 0 Å². The fraction of sp³-hybridized carbons (Fsp3) is 0.133. The summed E-state index contributed by atoms with van der Waals surface area (Å²) in [5.41, 5.74) is -1.13. The van der Waals surface area contributed by atoms with Crippen LogP contribution < -0.4 is 4.72 Å². The van der Waals surface area contributed by atoms with Gasteiger partial charge in [0.25, 0.3) is 10.0 Å². The summed E-state index contributed by atoms with van der Waals surface area (Å²) >= 11 is 5.82. The number of hydrogen-bond acceptors (Lipinski definition) is 4. The molecule has 0 saturated carbocycles. The molecule has 10 heteroatoms. The molecule has 0 fully saturated rings. The molecule has 0 aliphatic rings. The topological polar surface area (TPSA) is 72.5 Å². The van der Waals surface area contributed by atoms with E-state index in [9.17, 15) is 26.4 Å². The summed E-state index contributed by atoms with van der Waals surface area (Å²) in [7, 11) is -3.03. The normalized spacial score (nSPS) is 11.9. The molecule has 0 aliphatic heterocycles. The summed E-state index contributed by atoms with van der Waals surface area (Å²) in [6.45, 7) is 0. The highest BCUT2D eigenvalue weighted by molar-refractivity contribution is 7.92. The second-order valence-electron chi connectivity index (χ2n) is 4.81. The van der Waals surface area contributed by atoms with Gasteiger partial charge >= 0.3 is 12.1 Å². The van der Waals surface area contributed by atoms with E-state index in [1.54, 1.807) is 0 Å². The minimum absolute atomic E-state index is 0.000306. The van der Waals surface area contributed by atoms with E-state index in [0.29, 0.717) is 0 Å². The lowest BCUT2D eigenvalue weighted by molar-refractivity contribution is -0.137. The summed E-state index contributed by atoms with van der Waals surface area (Å²) in [4.78, 5) is 11.3. The molecule has 5 nitrogen and oxygen atoms in total. The number of nitrogens with one attached hydrogen (secondary N) is 1. The number of sulfonamides is 1. The molecule has 2 rings (SSSR count). The minimum atomic E-state index is -4.52. The van der Waals surface area contributed by atoms with Crippen molar-refractivity contribution < 1.29 is 31.1 Å². The molecule has 0 aliphatic carbocycles. The number of benzene rings is 2. The predicted molar refractivity (Wildman–Crippen MR) is 85.0 cm³/mol. The highest BCUT2D eigenvalue weighted by Crippen LogP contribution is 2.30. The number of halogens is 4. The first kappa shape index (κ1) is 19.1. The zero-order chi connectivity index (χ0) is 18.8. The van der Waals surface area contributed by atoms with E-state index in [2.05, 4.69) is 9.46 Å². The lowest BCUT2D eigenvalue weighted by atomic mass is 10.2. The predicted octanol–water partition coefficient (Wildman–Crippen LogP) is 3.95. The average molecular weight is 394 g/mol. The van der Waals surface area contributed by atoms with Crippen LogP contribution in [0.4, 0.5) is 18.9 Å². The number of carbonyl (C=O) groups is 1. The molecule has 0 aromatic heterocycles. The molecule has 1 N–H and O–H groups in total. The number of carbonyl (C=O) groups excluding carboxylic acids is 1. The molecule has 0 unspecified atom stereocenters. The Kier molecular flexibility index (Phi) is 5.28. The van der Waals surface area contributed by atoms with Crippen molar-refractivity contribution in [3.8, 4) is 0 Å². The Morgan fingerprint density at radius 1 is 1.12 bits per heavy atom. The van der Waals surface area contributed by atoms with Crippen LogP contribution in [0.3, 0.4) is 0 Å². The number of methoxy groups -OCH3 is 1. The third kappa shape index (κ3) is 4.43. The summed E-state index contributed by atoms with van der Waals surface area (Å²) in [5.74, 6) is -0.823. The van der Waals surface area contributed by atoms with Gasteiger partial charge < -0.3 is 4.74 Å². The fourth-order valence-electron chi connectivity index (χ4n) is 1.88. The lowest BCUT2D eigenvalue weighted by Gasteiger charge is -2.11. The van der Waals surface area contributed by atoms with Crippen LogP contribution in [0.1, 0.15) is 15.9 Å². The Balaban J connectivity index is 2.32. The highest BCUT2D eigenvalue weighted by Gasteiger charge is 2.30. The van der Waals surface area contributed by atoms with Gasteiger partial charge in [0, 0.05) is 5.69 Å². The van der Waals surface area contributed by atoms with Gasteiger partial charge in [0.15, 0.2) is 0 Å². The number of esters is 1. The second-order valence-corrected chi connectivity index (χ2v) is 6.90. The average Bonchev–Trinajstić information content (AvgIpc) is 2.53. The Morgan fingerprint density at radius 2 is 1.72 bits per heavy atom. The third-order valence-corrected chi connectivity index (χ3v) is 4.83. The van der Waals surface area contributed by atoms with Crippen LogP contribution in [-0.2, 0) is 20.9 Å². The summed E-state index contributed by atoms with van der Waals surface area (Å²) < 4.78 is 68.8. The van der Waals surface area contributed by atoms with E-state index in [4.69, 9.17) is 11.6 Å². The van der Waals surface area contributed by atoms with Gasteiger partial charge in [-0.25, -0.2) is 13.2 Å². The van der Waals surface area contributed by atoms with Crippen molar-refractivity contribution in [2.75, 3.05) is 11.8 Å². The van der Waals surface area contributed by atoms with Crippen molar-refractivity contribution in [3.63, 3.8) is 0 Å². The van der Waals surface area contributed by atoms with Crippen LogP contribution in [0.2, 0.25) is 5.02 Å². The molecular weight excluding hydrogens is 383 g/mol. The molecule has 0 bridgehead atoms. The van der Waals surface area contributed by atoms with Crippen LogP contribution in [0.5, 0.6) is 0 Å². The van der Waals surface area contributed by atoms with Gasteiger partial charge in [-0.15, -0.1) is 0 Å². The molecule has 0 atom stereocenters. The van der Waals surface area contributed by atoms with E-state index in [1.807, 2.05) is 0 Å². The third-order valence-electron chi connectivity index (χ3n) is 3.12. The molecule has 134 valence electrons. The van der Waals surface area contributed by atoms with Gasteiger partial charge in [0.1, 0.15) is 0 Å². The van der Waals surface area contributed by atoms with E-state index in [1.165, 1.54) is 6.07 Å². The van der Waals surface area contributed by atoms with Crippen molar-refractivity contribution in [3.05, 3.63) is 58.6 Å². The first-order valence-corrected chi connectivity index (χ1v) is 8.48. The number of rotatable bonds is 4. The maximum atomic E-state index is 12.5. The summed E-state index contributed by atoms with van der Waals surface area (Å²) in [6, 6.07) is 6.84. The first-order chi connectivity index (χ1) is 11.5. The van der Waals surface area contributed by atoms with Crippen LogP contribution >= 0.6 is 11.6 Å². The molecule has 25 heavy (non-hydrogen) atoms. The Bertz CT molecular complexity index is 896. The molecule has 0 heterocycles. The Hall–Kier alpha value is -2.26. The molecule has 2 aromatic carbocycles. The number of anilines is 1. The van der Waals surface area contributed by atoms with Gasteiger partial charge in [-0.2, -0.15) is 13.2 Å². The fourth-order valence-corrected chi connectivity index (χ4v) is 3.16. The van der Waals surface area contributed by atoms with Gasteiger partial charge in [-0.1, -0.05) is 11.6 Å². The SMILES string of the molecule is COC(=O)c1cc(S(=O)(=O)Nc2ccc(C(F)(F)F)cc2)ccc1Cl. The molecular formula is C15H11ClF3NO4S. The maximum absolute atomic E-state index is 12.5. The van der Waals surface area contributed by atoms with E-state index >= 15 is 0 Å². The van der Waals surface area contributed by atoms with Gasteiger partial charge in [-0.3, -0.25) is 4.72 Å². The molecule has 0 radical (unpaired) electrons. The quantitative estimate of drug-likeness (QED) is 0.798. The van der Waals surface area contributed by atoms with Crippen molar-refractivity contribution in [2.24, 2.45) is 0 Å². The second kappa shape index (κ2) is 6.93. The van der Waals surface area contributed by atoms with Gasteiger partial charge in [-0.05, 0) is 42.5 Å². The van der Waals surface area contributed by atoms with Crippen LogP contribution in [-0.4, -0.2) is 21.5 Å². The van der Waals surface area contributed by atoms with E-state index in [-0.39, 0.29) is 21.2 Å². The van der Waals surface area contributed by atoms with Gasteiger partial charge in [0.2, 0.25) is 0 Å². The largest absolute Gasteiger partial charge is 0.465 e. The van der Waals surface area contributed by atoms with Gasteiger partial charge in [0.05, 0.1) is 28.2 Å². The number of alkyl halides is 3. The summed E-state index contributed by atoms with van der Waals surface area (Å²) in [5, 5.41) is 0.000306. The number of hydrogen-bond donors (Lipinski definition) is 1. The van der Waals surface area contributed by atoms with Crippen molar-refractivity contribution in [2.45, 2.75) is 11.1 Å². The molecule has 0 saturated heterocycles. The van der Waals surface area contributed by atoms with Crippen LogP contribution in [0.25, 0.3) is 0 Å². The highest BCUT2D eigenvalue weighted by atomic mass is 35.5. The van der Waals surface area contributed by atoms with Crippen molar-refractivity contribution in [1.29, 1.82) is 0 Å². The van der Waals surface area contributed by atoms with Crippen molar-refractivity contribution >= 4 is 33.3 Å². The van der Waals surface area contributed by atoms with Crippen molar-refractivity contribution in [1.82, 2.24) is 0 Å². The molecule has 2 aromatic rings. The minimum Gasteiger partial charge on any atom is -0.465 e. The Morgan fingerprint density at radius 3 is 2.24 bits per heavy atom. The number of ether oxygens (including phenoxy) is 1. The molecule has 0 spiro atoms.